The van der Waals surface area contributed by atoms with Crippen LogP contribution in [0.5, 0.6) is 0 Å². The van der Waals surface area contributed by atoms with Crippen LogP contribution in [-0.4, -0.2) is 35.1 Å². The second kappa shape index (κ2) is 6.40. The molecule has 2 aromatic rings. The Labute approximate surface area is 110 Å². The Morgan fingerprint density at radius 1 is 1.42 bits per heavy atom. The summed E-state index contributed by atoms with van der Waals surface area (Å²) >= 11 is 0. The molecule has 6 heteroatoms. The number of halogens is 1. The van der Waals surface area contributed by atoms with E-state index in [1.54, 1.807) is 18.2 Å². The number of aromatic nitrogens is 2. The predicted molar refractivity (Wildman–Crippen MR) is 65.1 cm³/mol. The molecule has 1 heterocycles. The van der Waals surface area contributed by atoms with Crippen molar-refractivity contribution >= 4 is 0 Å². The highest BCUT2D eigenvalue weighted by atomic mass is 19.1. The van der Waals surface area contributed by atoms with Gasteiger partial charge in [0.15, 0.2) is 5.82 Å². The Morgan fingerprint density at radius 3 is 2.95 bits per heavy atom. The van der Waals surface area contributed by atoms with Crippen molar-refractivity contribution in [3.8, 4) is 0 Å². The molecule has 102 valence electrons. The van der Waals surface area contributed by atoms with Crippen molar-refractivity contribution in [1.82, 2.24) is 10.1 Å². The number of hydrogen-bond donors (Lipinski definition) is 1. The fraction of sp³-hybridized carbons (Fsp3) is 0.385. The number of ether oxygens (including phenoxy) is 1. The van der Waals surface area contributed by atoms with Gasteiger partial charge in [-0.2, -0.15) is 4.98 Å². The highest BCUT2D eigenvalue weighted by Gasteiger charge is 2.13. The van der Waals surface area contributed by atoms with Gasteiger partial charge in [0.2, 0.25) is 5.89 Å². The number of aliphatic hydroxyl groups excluding tert-OH is 1. The summed E-state index contributed by atoms with van der Waals surface area (Å²) in [6.07, 6.45) is -0.207. The molecule has 1 atom stereocenters. The lowest BCUT2D eigenvalue weighted by atomic mass is 10.1. The van der Waals surface area contributed by atoms with Crippen LogP contribution in [0.1, 0.15) is 17.3 Å². The highest BCUT2D eigenvalue weighted by molar-refractivity contribution is 5.20. The smallest absolute Gasteiger partial charge is 0.229 e. The van der Waals surface area contributed by atoms with E-state index in [-0.39, 0.29) is 25.3 Å². The van der Waals surface area contributed by atoms with Crippen LogP contribution in [0.4, 0.5) is 4.39 Å². The minimum Gasteiger partial charge on any atom is -0.390 e. The molecule has 0 saturated carbocycles. The Kier molecular flexibility index (Phi) is 4.59. The molecule has 1 aromatic heterocycles. The van der Waals surface area contributed by atoms with Gasteiger partial charge in [-0.25, -0.2) is 4.39 Å². The summed E-state index contributed by atoms with van der Waals surface area (Å²) in [7, 11) is 1.50. The van der Waals surface area contributed by atoms with Crippen molar-refractivity contribution in [2.75, 3.05) is 13.7 Å². The van der Waals surface area contributed by atoms with E-state index in [2.05, 4.69) is 10.1 Å². The van der Waals surface area contributed by atoms with Crippen LogP contribution in [0.2, 0.25) is 0 Å². The van der Waals surface area contributed by atoms with Gasteiger partial charge in [-0.15, -0.1) is 0 Å². The summed E-state index contributed by atoms with van der Waals surface area (Å²) in [5.74, 6) is 0.411. The van der Waals surface area contributed by atoms with E-state index in [1.165, 1.54) is 13.2 Å². The van der Waals surface area contributed by atoms with Gasteiger partial charge < -0.3 is 14.4 Å². The maximum absolute atomic E-state index is 13.4. The third kappa shape index (κ3) is 3.84. The van der Waals surface area contributed by atoms with Crippen molar-refractivity contribution in [3.05, 3.63) is 47.4 Å². The monoisotopic (exact) mass is 266 g/mol. The minimum absolute atomic E-state index is 0.199. The molecule has 5 nitrogen and oxygen atoms in total. The molecule has 0 fully saturated rings. The zero-order valence-electron chi connectivity index (χ0n) is 10.5. The Balaban J connectivity index is 2.00. The van der Waals surface area contributed by atoms with Gasteiger partial charge in [0, 0.05) is 13.5 Å². The first-order valence-electron chi connectivity index (χ1n) is 5.91. The molecule has 1 aromatic carbocycles. The number of aliphatic hydroxyl groups is 1. The van der Waals surface area contributed by atoms with Crippen molar-refractivity contribution in [2.24, 2.45) is 0 Å². The lowest BCUT2D eigenvalue weighted by Gasteiger charge is -2.04. The molecule has 0 radical (unpaired) electrons. The zero-order chi connectivity index (χ0) is 13.7. The van der Waals surface area contributed by atoms with Gasteiger partial charge in [-0.3, -0.25) is 0 Å². The Morgan fingerprint density at radius 2 is 2.21 bits per heavy atom. The third-order valence-corrected chi connectivity index (χ3v) is 2.59. The first-order valence-corrected chi connectivity index (χ1v) is 5.91. The molecule has 0 bridgehead atoms. The van der Waals surface area contributed by atoms with E-state index in [0.717, 1.165) is 0 Å². The van der Waals surface area contributed by atoms with Gasteiger partial charge in [-0.05, 0) is 11.6 Å². The van der Waals surface area contributed by atoms with Crippen LogP contribution in [0.15, 0.2) is 28.8 Å². The average Bonchev–Trinajstić information content (AvgIpc) is 2.80. The molecule has 1 unspecified atom stereocenters. The predicted octanol–water partition coefficient (Wildman–Crippen LogP) is 1.35. The fourth-order valence-electron chi connectivity index (χ4n) is 1.71. The average molecular weight is 266 g/mol. The van der Waals surface area contributed by atoms with Crippen LogP contribution in [0.25, 0.3) is 0 Å². The number of rotatable bonds is 6. The second-order valence-electron chi connectivity index (χ2n) is 4.19. The van der Waals surface area contributed by atoms with Crippen LogP contribution in [-0.2, 0) is 17.6 Å². The molecule has 0 aliphatic rings. The molecular formula is C13H15FN2O3. The van der Waals surface area contributed by atoms with E-state index in [0.29, 0.717) is 17.3 Å². The highest BCUT2D eigenvalue weighted by Crippen LogP contribution is 2.11. The van der Waals surface area contributed by atoms with Gasteiger partial charge in [0.1, 0.15) is 5.82 Å². The quantitative estimate of drug-likeness (QED) is 0.854. The minimum atomic E-state index is -0.688. The standard InChI is InChI=1S/C13H15FN2O3/c1-18-8-10(17)7-13-15-12(16-19-13)6-9-4-2-3-5-11(9)14/h2-5,10,17H,6-8H2,1H3. The van der Waals surface area contributed by atoms with Crippen LogP contribution < -0.4 is 0 Å². The van der Waals surface area contributed by atoms with Crippen molar-refractivity contribution < 1.29 is 18.8 Å². The summed E-state index contributed by atoms with van der Waals surface area (Å²) < 4.78 is 23.2. The van der Waals surface area contributed by atoms with Gasteiger partial charge in [0.05, 0.1) is 19.1 Å². The molecule has 0 aliphatic carbocycles. The summed E-state index contributed by atoms with van der Waals surface area (Å²) in [5.41, 5.74) is 0.507. The molecule has 0 spiro atoms. The van der Waals surface area contributed by atoms with E-state index >= 15 is 0 Å². The van der Waals surface area contributed by atoms with E-state index in [1.807, 2.05) is 0 Å². The van der Waals surface area contributed by atoms with Crippen molar-refractivity contribution in [2.45, 2.75) is 18.9 Å². The normalized spacial score (nSPS) is 12.6. The first kappa shape index (κ1) is 13.6. The topological polar surface area (TPSA) is 68.4 Å². The lowest BCUT2D eigenvalue weighted by molar-refractivity contribution is 0.0599. The molecule has 19 heavy (non-hydrogen) atoms. The van der Waals surface area contributed by atoms with Gasteiger partial charge in [0.25, 0.3) is 0 Å². The summed E-state index contributed by atoms with van der Waals surface area (Å²) in [6.45, 7) is 0.199. The first-order chi connectivity index (χ1) is 9.19. The van der Waals surface area contributed by atoms with Crippen LogP contribution in [0.3, 0.4) is 0 Å². The molecule has 0 amide bonds. The summed E-state index contributed by atoms with van der Waals surface area (Å²) in [5, 5.41) is 13.3. The van der Waals surface area contributed by atoms with Crippen LogP contribution in [0, 0.1) is 5.82 Å². The Bertz CT molecular complexity index is 530. The number of nitrogens with zero attached hydrogens (tertiary/aromatic N) is 2. The van der Waals surface area contributed by atoms with E-state index in [9.17, 15) is 9.50 Å². The van der Waals surface area contributed by atoms with E-state index in [4.69, 9.17) is 9.26 Å². The molecule has 0 aliphatic heterocycles. The Hall–Kier alpha value is -1.79. The SMILES string of the molecule is COCC(O)Cc1nc(Cc2ccccc2F)no1. The van der Waals surface area contributed by atoms with Crippen molar-refractivity contribution in [1.29, 1.82) is 0 Å². The molecule has 1 N–H and O–H groups in total. The largest absolute Gasteiger partial charge is 0.390 e. The lowest BCUT2D eigenvalue weighted by Crippen LogP contribution is -2.17. The maximum atomic E-state index is 13.4. The van der Waals surface area contributed by atoms with Crippen molar-refractivity contribution in [3.63, 3.8) is 0 Å². The molecule has 2 rings (SSSR count). The van der Waals surface area contributed by atoms with Gasteiger partial charge >= 0.3 is 0 Å². The fourth-order valence-corrected chi connectivity index (χ4v) is 1.71. The van der Waals surface area contributed by atoms with E-state index < -0.39 is 6.10 Å². The number of benzene rings is 1. The molecule has 0 saturated heterocycles. The maximum Gasteiger partial charge on any atom is 0.229 e. The van der Waals surface area contributed by atoms with Gasteiger partial charge in [-0.1, -0.05) is 23.4 Å². The third-order valence-electron chi connectivity index (χ3n) is 2.59. The number of methoxy groups -OCH3 is 1. The second-order valence-corrected chi connectivity index (χ2v) is 4.19. The number of hydrogen-bond acceptors (Lipinski definition) is 5. The summed E-state index contributed by atoms with van der Waals surface area (Å²) in [6, 6.07) is 6.44. The molecular weight excluding hydrogens is 251 g/mol. The van der Waals surface area contributed by atoms with Crippen LogP contribution >= 0.6 is 0 Å². The zero-order valence-corrected chi connectivity index (χ0v) is 10.5. The summed E-state index contributed by atoms with van der Waals surface area (Å²) in [4.78, 5) is 4.11.